The Morgan fingerprint density at radius 1 is 0.690 bits per heavy atom. The van der Waals surface area contributed by atoms with Gasteiger partial charge in [0.1, 0.15) is 0 Å². The maximum atomic E-state index is 11.5. The third-order valence-corrected chi connectivity index (χ3v) is 4.02. The summed E-state index contributed by atoms with van der Waals surface area (Å²) in [5.41, 5.74) is 1.41. The van der Waals surface area contributed by atoms with Gasteiger partial charge in [-0.15, -0.1) is 11.5 Å². The summed E-state index contributed by atoms with van der Waals surface area (Å²) in [5.74, 6) is -0.434. The molecule has 0 saturated carbocycles. The molecule has 0 atom stereocenters. The Balaban J connectivity index is 0.000000527. The molecule has 0 saturated heterocycles. The Morgan fingerprint density at radius 3 is 1.52 bits per heavy atom. The van der Waals surface area contributed by atoms with Gasteiger partial charge in [0.05, 0.1) is 14.2 Å². The summed E-state index contributed by atoms with van der Waals surface area (Å²) >= 11 is 0. The zero-order chi connectivity index (χ0) is 20.8. The summed E-state index contributed by atoms with van der Waals surface area (Å²) in [6, 6.07) is 0. The predicted octanol–water partition coefficient (Wildman–Crippen LogP) is 2.14. The molecule has 0 N–H and O–H groups in total. The molecule has 158 valence electrons. The predicted molar refractivity (Wildman–Crippen MR) is 102 cm³/mol. The van der Waals surface area contributed by atoms with Gasteiger partial charge in [-0.05, 0) is 36.8 Å². The third kappa shape index (κ3) is 11.2. The average Bonchev–Trinajstić information content (AvgIpc) is 3.43. The van der Waals surface area contributed by atoms with Crippen LogP contribution in [0.1, 0.15) is 38.5 Å². The Bertz CT molecular complexity index is 698. The molecule has 6 nitrogen and oxygen atoms in total. The second-order valence-electron chi connectivity index (χ2n) is 6.05. The number of esters is 2. The molecule has 0 radical (unpaired) electrons. The molecule has 0 aromatic rings. The molecule has 2 aliphatic carbocycles. The van der Waals surface area contributed by atoms with Crippen molar-refractivity contribution in [1.82, 2.24) is 0 Å². The van der Waals surface area contributed by atoms with Crippen LogP contribution in [0.5, 0.6) is 0 Å². The second kappa shape index (κ2) is 15.4. The molecule has 0 aromatic heterocycles. The molecule has 0 heterocycles. The normalized spacial score (nSPS) is 12.9. The monoisotopic (exact) mass is 442 g/mol. The van der Waals surface area contributed by atoms with Gasteiger partial charge in [0.25, 0.3) is 0 Å². The van der Waals surface area contributed by atoms with Crippen LogP contribution in [0.15, 0.2) is 71.3 Å². The van der Waals surface area contributed by atoms with Crippen molar-refractivity contribution in [2.24, 2.45) is 0 Å². The van der Waals surface area contributed by atoms with Gasteiger partial charge in [-0.1, -0.05) is 48.6 Å². The van der Waals surface area contributed by atoms with E-state index in [1.165, 1.54) is 14.2 Å². The van der Waals surface area contributed by atoms with Crippen molar-refractivity contribution in [3.63, 3.8) is 0 Å². The number of rotatable bonds is 8. The average molecular weight is 442 g/mol. The van der Waals surface area contributed by atoms with Crippen molar-refractivity contribution >= 4 is 11.9 Å². The van der Waals surface area contributed by atoms with E-state index >= 15 is 0 Å². The minimum Gasteiger partial charge on any atom is -0.875 e. The standard InChI is InChI=1S/C12H16O3.C10H12O3.Fe/c1-15-12(14)9-5-4-8-11(13)10-6-2-3-7-10;1-13-10(12)7-6-9(11)8-4-2-3-5-8;/h2-3,6-7,13H,4-5,8-9H2,1H3;2-5,11H,6-7H2,1H3;/q;;+2/p-2. The first-order chi connectivity index (χ1) is 13.5. The maximum absolute atomic E-state index is 11.5. The van der Waals surface area contributed by atoms with Crippen LogP contribution in [0.4, 0.5) is 0 Å². The quantitative estimate of drug-likeness (QED) is 0.247. The first-order valence-corrected chi connectivity index (χ1v) is 9.11. The number of carbonyl (C=O) groups excluding carboxylic acids is 2. The topological polar surface area (TPSA) is 98.7 Å². The Labute approximate surface area is 182 Å². The fourth-order valence-corrected chi connectivity index (χ4v) is 2.38. The van der Waals surface area contributed by atoms with E-state index in [1.54, 1.807) is 24.3 Å². The van der Waals surface area contributed by atoms with E-state index in [2.05, 4.69) is 9.47 Å². The van der Waals surface area contributed by atoms with Crippen molar-refractivity contribution in [2.75, 3.05) is 14.2 Å². The van der Waals surface area contributed by atoms with Crippen LogP contribution in [-0.4, -0.2) is 26.2 Å². The Kier molecular flexibility index (Phi) is 14.1. The fraction of sp³-hybridized carbons (Fsp3) is 0.364. The molecule has 2 rings (SSSR count). The van der Waals surface area contributed by atoms with E-state index in [1.807, 2.05) is 24.3 Å². The first kappa shape index (κ1) is 26.5. The summed E-state index contributed by atoms with van der Waals surface area (Å²) in [5, 5.41) is 22.8. The third-order valence-electron chi connectivity index (χ3n) is 4.02. The van der Waals surface area contributed by atoms with Crippen LogP contribution in [0.2, 0.25) is 0 Å². The molecule has 0 amide bonds. The van der Waals surface area contributed by atoms with Gasteiger partial charge >= 0.3 is 29.0 Å². The minimum atomic E-state index is -0.347. The zero-order valence-corrected chi connectivity index (χ0v) is 17.8. The van der Waals surface area contributed by atoms with Gasteiger partial charge in [-0.3, -0.25) is 9.59 Å². The van der Waals surface area contributed by atoms with E-state index in [0.717, 1.165) is 12.0 Å². The summed E-state index contributed by atoms with van der Waals surface area (Å²) in [7, 11) is 2.69. The van der Waals surface area contributed by atoms with E-state index in [4.69, 9.17) is 0 Å². The molecule has 0 unspecified atom stereocenters. The van der Waals surface area contributed by atoms with Crippen LogP contribution in [0, 0.1) is 0 Å². The number of hydrogen-bond donors (Lipinski definition) is 0. The molecule has 0 aliphatic heterocycles. The number of methoxy groups -OCH3 is 2. The molecule has 0 bridgehead atoms. The van der Waals surface area contributed by atoms with Crippen molar-refractivity contribution in [2.45, 2.75) is 38.5 Å². The van der Waals surface area contributed by atoms with Crippen molar-refractivity contribution in [1.29, 1.82) is 0 Å². The molecule has 0 aromatic carbocycles. The zero-order valence-electron chi connectivity index (χ0n) is 16.7. The SMILES string of the molecule is COC(=O)CCC([O-])=C1C=CC=C1.COC(=O)CCCCC([O-])=C1C=CC=C1.[Fe+2]. The maximum Gasteiger partial charge on any atom is 2.00 e. The number of allylic oxidation sites excluding steroid dienone is 12. The fourth-order valence-electron chi connectivity index (χ4n) is 2.38. The molecular formula is C22H26FeO6. The number of hydrogen-bond acceptors (Lipinski definition) is 6. The van der Waals surface area contributed by atoms with Crippen LogP contribution in [0.25, 0.3) is 0 Å². The van der Waals surface area contributed by atoms with Gasteiger partial charge in [-0.25, -0.2) is 0 Å². The Hall–Kier alpha value is -2.50. The van der Waals surface area contributed by atoms with E-state index in [0.29, 0.717) is 24.8 Å². The molecule has 0 spiro atoms. The van der Waals surface area contributed by atoms with E-state index < -0.39 is 0 Å². The van der Waals surface area contributed by atoms with Crippen LogP contribution < -0.4 is 10.2 Å². The largest absolute Gasteiger partial charge is 2.00 e. The van der Waals surface area contributed by atoms with Crippen LogP contribution >= 0.6 is 0 Å². The summed E-state index contributed by atoms with van der Waals surface area (Å²) in [6.45, 7) is 0. The van der Waals surface area contributed by atoms with Gasteiger partial charge in [0.2, 0.25) is 0 Å². The van der Waals surface area contributed by atoms with E-state index in [-0.39, 0.29) is 53.4 Å². The van der Waals surface area contributed by atoms with Crippen molar-refractivity contribution < 1.29 is 46.3 Å². The number of ether oxygens (including phenoxy) is 2. The minimum absolute atomic E-state index is 0. The second-order valence-corrected chi connectivity index (χ2v) is 6.05. The van der Waals surface area contributed by atoms with Crippen LogP contribution in [0.3, 0.4) is 0 Å². The molecule has 2 aliphatic rings. The smallest absolute Gasteiger partial charge is 0.875 e. The molecular weight excluding hydrogens is 416 g/mol. The molecule has 7 heteroatoms. The van der Waals surface area contributed by atoms with Crippen molar-refractivity contribution in [3.8, 4) is 0 Å². The number of unbranched alkanes of at least 4 members (excludes halogenated alkanes) is 1. The van der Waals surface area contributed by atoms with Crippen LogP contribution in [-0.2, 0) is 36.1 Å². The summed E-state index contributed by atoms with van der Waals surface area (Å²) in [4.78, 5) is 21.5. The summed E-state index contributed by atoms with van der Waals surface area (Å²) in [6.07, 6.45) is 17.1. The van der Waals surface area contributed by atoms with Crippen molar-refractivity contribution in [3.05, 3.63) is 71.3 Å². The van der Waals surface area contributed by atoms with E-state index in [9.17, 15) is 19.8 Å². The Morgan fingerprint density at radius 2 is 1.07 bits per heavy atom. The van der Waals surface area contributed by atoms with Gasteiger partial charge in [0.15, 0.2) is 0 Å². The molecule has 29 heavy (non-hydrogen) atoms. The molecule has 0 fully saturated rings. The number of carbonyl (C=O) groups is 2. The van der Waals surface area contributed by atoms with Gasteiger partial charge < -0.3 is 19.7 Å². The first-order valence-electron chi connectivity index (χ1n) is 9.11. The van der Waals surface area contributed by atoms with Gasteiger partial charge in [0, 0.05) is 12.8 Å². The van der Waals surface area contributed by atoms with Gasteiger partial charge in [-0.2, -0.15) is 0 Å². The summed E-state index contributed by atoms with van der Waals surface area (Å²) < 4.78 is 8.93.